The predicted octanol–water partition coefficient (Wildman–Crippen LogP) is 5.29. The standard InChI is InChI=1S/C33H24N2O5S/c1-39-23-7-4-6-22(17-23)30-26-15-13-19-5-2-3-8-25(19)29(26)34-33-35(30)31(36)28(41-33)18-24-14-16-27(40-24)20-9-11-21(12-10-20)32(37)38/h2-12,14,16-18,30H,13,15H2,1H3,(H,37,38)/b28-18+/t30-/m0/s1. The summed E-state index contributed by atoms with van der Waals surface area (Å²) < 4.78 is 13.9. The molecule has 0 spiro atoms. The van der Waals surface area contributed by atoms with Crippen LogP contribution in [0.2, 0.25) is 0 Å². The summed E-state index contributed by atoms with van der Waals surface area (Å²) in [4.78, 5) is 30.9. The van der Waals surface area contributed by atoms with Crippen molar-refractivity contribution in [3.8, 4) is 17.1 Å². The van der Waals surface area contributed by atoms with Crippen LogP contribution in [0.1, 0.15) is 45.3 Å². The van der Waals surface area contributed by atoms with Gasteiger partial charge in [0, 0.05) is 17.2 Å². The molecule has 5 aromatic rings. The lowest BCUT2D eigenvalue weighted by Gasteiger charge is -2.31. The minimum Gasteiger partial charge on any atom is -0.497 e. The molecule has 7 rings (SSSR count). The van der Waals surface area contributed by atoms with Crippen molar-refractivity contribution >= 4 is 29.1 Å². The van der Waals surface area contributed by atoms with E-state index in [0.29, 0.717) is 20.9 Å². The lowest BCUT2D eigenvalue weighted by molar-refractivity contribution is 0.0697. The van der Waals surface area contributed by atoms with E-state index >= 15 is 0 Å². The number of nitrogens with zero attached hydrogens (tertiary/aromatic N) is 2. The smallest absolute Gasteiger partial charge is 0.335 e. The fourth-order valence-corrected chi connectivity index (χ4v) is 6.61. The van der Waals surface area contributed by atoms with Gasteiger partial charge in [-0.05, 0) is 65.9 Å². The topological polar surface area (TPSA) is 94.0 Å². The number of furan rings is 1. The first-order valence-electron chi connectivity index (χ1n) is 13.2. The van der Waals surface area contributed by atoms with Crippen molar-refractivity contribution in [1.29, 1.82) is 0 Å². The minimum absolute atomic E-state index is 0.129. The molecule has 2 aliphatic rings. The van der Waals surface area contributed by atoms with Crippen LogP contribution in [0.4, 0.5) is 0 Å². The highest BCUT2D eigenvalue weighted by Gasteiger charge is 2.32. The van der Waals surface area contributed by atoms with Crippen LogP contribution in [0.5, 0.6) is 5.75 Å². The maximum atomic E-state index is 14.0. The molecule has 7 nitrogen and oxygen atoms in total. The number of thiazole rings is 1. The molecule has 3 aromatic carbocycles. The van der Waals surface area contributed by atoms with Crippen molar-refractivity contribution in [2.75, 3.05) is 7.11 Å². The number of rotatable bonds is 5. The monoisotopic (exact) mass is 560 g/mol. The number of hydrogen-bond acceptors (Lipinski definition) is 6. The molecule has 0 unspecified atom stereocenters. The van der Waals surface area contributed by atoms with Gasteiger partial charge in [0.2, 0.25) is 0 Å². The largest absolute Gasteiger partial charge is 0.497 e. The van der Waals surface area contributed by atoms with Crippen molar-refractivity contribution in [2.45, 2.75) is 18.9 Å². The Labute approximate surface area is 238 Å². The van der Waals surface area contributed by atoms with E-state index in [-0.39, 0.29) is 17.2 Å². The Morgan fingerprint density at radius 1 is 1.05 bits per heavy atom. The Morgan fingerprint density at radius 3 is 2.68 bits per heavy atom. The maximum absolute atomic E-state index is 14.0. The molecule has 0 bridgehead atoms. The van der Waals surface area contributed by atoms with Crippen molar-refractivity contribution in [1.82, 2.24) is 4.57 Å². The first-order chi connectivity index (χ1) is 20.0. The Balaban J connectivity index is 1.36. The molecule has 0 saturated carbocycles. The minimum atomic E-state index is -0.982. The van der Waals surface area contributed by atoms with Crippen LogP contribution < -0.4 is 19.6 Å². The molecule has 8 heteroatoms. The van der Waals surface area contributed by atoms with E-state index in [2.05, 4.69) is 18.2 Å². The number of carboxylic acid groups (broad SMARTS) is 1. The summed E-state index contributed by atoms with van der Waals surface area (Å²) >= 11 is 1.34. The molecule has 2 aromatic heterocycles. The first kappa shape index (κ1) is 25.0. The van der Waals surface area contributed by atoms with Gasteiger partial charge in [0.15, 0.2) is 4.80 Å². The van der Waals surface area contributed by atoms with E-state index in [4.69, 9.17) is 19.3 Å². The van der Waals surface area contributed by atoms with Crippen LogP contribution in [0.25, 0.3) is 23.1 Å². The maximum Gasteiger partial charge on any atom is 0.335 e. The fourth-order valence-electron chi connectivity index (χ4n) is 5.63. The summed E-state index contributed by atoms with van der Waals surface area (Å²) in [5.41, 5.74) is 6.25. The summed E-state index contributed by atoms with van der Waals surface area (Å²) in [7, 11) is 1.64. The normalized spacial score (nSPS) is 16.0. The number of hydrogen-bond donors (Lipinski definition) is 1. The van der Waals surface area contributed by atoms with Crippen molar-refractivity contribution in [2.24, 2.45) is 4.99 Å². The average Bonchev–Trinajstić information content (AvgIpc) is 3.60. The third kappa shape index (κ3) is 4.33. The summed E-state index contributed by atoms with van der Waals surface area (Å²) in [6.07, 6.45) is 3.44. The molecular formula is C33H24N2O5S. The molecular weight excluding hydrogens is 536 g/mol. The van der Waals surface area contributed by atoms with E-state index in [9.17, 15) is 9.59 Å². The second kappa shape index (κ2) is 9.91. The van der Waals surface area contributed by atoms with Gasteiger partial charge in [-0.25, -0.2) is 9.79 Å². The molecule has 0 radical (unpaired) electrons. The lowest BCUT2D eigenvalue weighted by Crippen LogP contribution is -2.38. The summed E-state index contributed by atoms with van der Waals surface area (Å²) in [5.74, 6) is 0.867. The van der Waals surface area contributed by atoms with Gasteiger partial charge >= 0.3 is 5.97 Å². The fraction of sp³-hybridized carbons (Fsp3) is 0.121. The number of methoxy groups -OCH3 is 1. The molecule has 0 saturated heterocycles. The number of aryl methyl sites for hydroxylation is 1. The third-order valence-electron chi connectivity index (χ3n) is 7.60. The van der Waals surface area contributed by atoms with E-state index in [1.165, 1.54) is 29.0 Å². The number of benzene rings is 3. The molecule has 41 heavy (non-hydrogen) atoms. The van der Waals surface area contributed by atoms with E-state index in [1.54, 1.807) is 36.0 Å². The van der Waals surface area contributed by atoms with Crippen LogP contribution in [0.15, 0.2) is 105 Å². The predicted molar refractivity (Wildman–Crippen MR) is 157 cm³/mol. The Bertz CT molecular complexity index is 2050. The van der Waals surface area contributed by atoms with Gasteiger partial charge in [0.05, 0.1) is 28.9 Å². The first-order valence-corrected chi connectivity index (χ1v) is 14.0. The molecule has 1 aliphatic heterocycles. The van der Waals surface area contributed by atoms with Gasteiger partial charge in [-0.3, -0.25) is 9.36 Å². The molecule has 202 valence electrons. The summed E-state index contributed by atoms with van der Waals surface area (Å²) in [5, 5.41) is 9.17. The SMILES string of the molecule is COc1cccc([C@H]2C3=C(N=c4s/c(=C/c5ccc(-c6ccc(C(=O)O)cc6)o5)c(=O)n42)c2ccccc2CC3)c1. The number of carbonyl (C=O) groups is 1. The summed E-state index contributed by atoms with van der Waals surface area (Å²) in [6, 6.07) is 26.0. The van der Waals surface area contributed by atoms with Crippen molar-refractivity contribution in [3.63, 3.8) is 0 Å². The number of aromatic nitrogens is 1. The van der Waals surface area contributed by atoms with Gasteiger partial charge in [0.25, 0.3) is 5.56 Å². The molecule has 1 N–H and O–H groups in total. The van der Waals surface area contributed by atoms with Crippen LogP contribution >= 0.6 is 11.3 Å². The zero-order chi connectivity index (χ0) is 28.1. The van der Waals surface area contributed by atoms with Gasteiger partial charge in [0.1, 0.15) is 17.3 Å². The molecule has 0 amide bonds. The highest BCUT2D eigenvalue weighted by molar-refractivity contribution is 7.07. The Morgan fingerprint density at radius 2 is 1.88 bits per heavy atom. The highest BCUT2D eigenvalue weighted by Crippen LogP contribution is 2.41. The second-order valence-corrected chi connectivity index (χ2v) is 11.0. The lowest BCUT2D eigenvalue weighted by atomic mass is 9.83. The number of carboxylic acids is 1. The van der Waals surface area contributed by atoms with Crippen LogP contribution in [0.3, 0.4) is 0 Å². The van der Waals surface area contributed by atoms with Gasteiger partial charge < -0.3 is 14.3 Å². The molecule has 1 aliphatic carbocycles. The third-order valence-corrected chi connectivity index (χ3v) is 8.58. The zero-order valence-electron chi connectivity index (χ0n) is 22.0. The van der Waals surface area contributed by atoms with E-state index < -0.39 is 5.97 Å². The molecule has 0 fully saturated rings. The van der Waals surface area contributed by atoms with Crippen molar-refractivity contribution < 1.29 is 19.1 Å². The van der Waals surface area contributed by atoms with E-state index in [1.807, 2.05) is 36.4 Å². The molecule has 1 atom stereocenters. The summed E-state index contributed by atoms with van der Waals surface area (Å²) in [6.45, 7) is 0. The highest BCUT2D eigenvalue weighted by atomic mass is 32.1. The van der Waals surface area contributed by atoms with Crippen LogP contribution in [-0.4, -0.2) is 22.8 Å². The Hall–Kier alpha value is -4.95. The molecule has 3 heterocycles. The van der Waals surface area contributed by atoms with Crippen LogP contribution in [0, 0.1) is 0 Å². The number of aromatic carboxylic acids is 1. The van der Waals surface area contributed by atoms with Gasteiger partial charge in [-0.1, -0.05) is 59.9 Å². The number of fused-ring (bicyclic) bond motifs is 3. The second-order valence-electron chi connectivity index (χ2n) is 9.97. The van der Waals surface area contributed by atoms with Crippen molar-refractivity contribution in [3.05, 3.63) is 138 Å². The van der Waals surface area contributed by atoms with E-state index in [0.717, 1.165) is 46.6 Å². The Kier molecular flexibility index (Phi) is 6.05. The number of allylic oxidation sites excluding steroid dienone is 1. The quantitative estimate of drug-likeness (QED) is 0.316. The number of ether oxygens (including phenoxy) is 1. The average molecular weight is 561 g/mol. The van der Waals surface area contributed by atoms with Crippen LogP contribution in [-0.2, 0) is 6.42 Å². The van der Waals surface area contributed by atoms with Gasteiger partial charge in [-0.2, -0.15) is 0 Å². The van der Waals surface area contributed by atoms with Gasteiger partial charge in [-0.15, -0.1) is 0 Å². The zero-order valence-corrected chi connectivity index (χ0v) is 22.9.